The standard InChI is InChI=1S/C10H21Br/c1-8(2)6-9(3)10(4,5)7-11/h8-9H,6-7H2,1-5H3. The van der Waals surface area contributed by atoms with E-state index in [1.807, 2.05) is 0 Å². The summed E-state index contributed by atoms with van der Waals surface area (Å²) in [5.41, 5.74) is 0.449. The van der Waals surface area contributed by atoms with Crippen molar-refractivity contribution in [3.8, 4) is 0 Å². The van der Waals surface area contributed by atoms with E-state index in [2.05, 4.69) is 50.5 Å². The first-order valence-electron chi connectivity index (χ1n) is 4.46. The summed E-state index contributed by atoms with van der Waals surface area (Å²) in [4.78, 5) is 0. The van der Waals surface area contributed by atoms with Crippen LogP contribution in [-0.4, -0.2) is 5.33 Å². The smallest absolute Gasteiger partial charge is 0.00852 e. The number of hydrogen-bond donors (Lipinski definition) is 0. The third kappa shape index (κ3) is 4.15. The molecule has 0 aromatic rings. The van der Waals surface area contributed by atoms with Crippen molar-refractivity contribution in [2.24, 2.45) is 17.3 Å². The molecule has 0 saturated heterocycles. The Morgan fingerprint density at radius 1 is 1.18 bits per heavy atom. The van der Waals surface area contributed by atoms with Gasteiger partial charge in [-0.15, -0.1) is 0 Å². The zero-order valence-electron chi connectivity index (χ0n) is 8.45. The molecule has 1 atom stereocenters. The van der Waals surface area contributed by atoms with Gasteiger partial charge in [0.25, 0.3) is 0 Å². The van der Waals surface area contributed by atoms with Gasteiger partial charge in [-0.1, -0.05) is 50.5 Å². The van der Waals surface area contributed by atoms with Crippen LogP contribution in [0.5, 0.6) is 0 Å². The molecule has 0 aliphatic heterocycles. The van der Waals surface area contributed by atoms with Gasteiger partial charge in [-0.2, -0.15) is 0 Å². The molecule has 0 aliphatic carbocycles. The van der Waals surface area contributed by atoms with Crippen LogP contribution in [0.2, 0.25) is 0 Å². The van der Waals surface area contributed by atoms with E-state index in [0.29, 0.717) is 5.41 Å². The van der Waals surface area contributed by atoms with Crippen LogP contribution in [0.1, 0.15) is 41.0 Å². The van der Waals surface area contributed by atoms with Gasteiger partial charge in [0.1, 0.15) is 0 Å². The second-order valence-corrected chi connectivity index (χ2v) is 5.21. The average Bonchev–Trinajstić information content (AvgIpc) is 1.86. The zero-order valence-corrected chi connectivity index (χ0v) is 10.0. The molecule has 0 N–H and O–H groups in total. The van der Waals surface area contributed by atoms with E-state index in [-0.39, 0.29) is 0 Å². The molecule has 0 saturated carbocycles. The summed E-state index contributed by atoms with van der Waals surface area (Å²) in [6.07, 6.45) is 1.33. The molecule has 0 aromatic heterocycles. The molecule has 0 aromatic carbocycles. The summed E-state index contributed by atoms with van der Waals surface area (Å²) < 4.78 is 0. The monoisotopic (exact) mass is 220 g/mol. The predicted octanol–water partition coefficient (Wildman–Crippen LogP) is 4.09. The Morgan fingerprint density at radius 2 is 1.64 bits per heavy atom. The Morgan fingerprint density at radius 3 is 1.91 bits per heavy atom. The summed E-state index contributed by atoms with van der Waals surface area (Å²) in [6, 6.07) is 0. The van der Waals surface area contributed by atoms with E-state index in [0.717, 1.165) is 17.2 Å². The second kappa shape index (κ2) is 4.49. The minimum atomic E-state index is 0.449. The van der Waals surface area contributed by atoms with Crippen molar-refractivity contribution >= 4 is 15.9 Å². The lowest BCUT2D eigenvalue weighted by Crippen LogP contribution is -2.24. The zero-order chi connectivity index (χ0) is 9.07. The maximum absolute atomic E-state index is 3.56. The van der Waals surface area contributed by atoms with Gasteiger partial charge in [0, 0.05) is 5.33 Å². The molecule has 0 bridgehead atoms. The van der Waals surface area contributed by atoms with E-state index < -0.39 is 0 Å². The minimum absolute atomic E-state index is 0.449. The highest BCUT2D eigenvalue weighted by molar-refractivity contribution is 9.09. The molecule has 11 heavy (non-hydrogen) atoms. The van der Waals surface area contributed by atoms with E-state index in [4.69, 9.17) is 0 Å². The summed E-state index contributed by atoms with van der Waals surface area (Å²) >= 11 is 3.56. The molecule has 1 unspecified atom stereocenters. The van der Waals surface area contributed by atoms with Crippen molar-refractivity contribution in [1.29, 1.82) is 0 Å². The fourth-order valence-electron chi connectivity index (χ4n) is 1.16. The van der Waals surface area contributed by atoms with E-state index in [1.54, 1.807) is 0 Å². The van der Waals surface area contributed by atoms with Crippen LogP contribution in [0, 0.1) is 17.3 Å². The lowest BCUT2D eigenvalue weighted by atomic mass is 9.78. The van der Waals surface area contributed by atoms with Gasteiger partial charge in [-0.05, 0) is 23.7 Å². The molecule has 0 nitrogen and oxygen atoms in total. The first kappa shape index (κ1) is 11.5. The first-order chi connectivity index (χ1) is 4.90. The molecule has 0 spiro atoms. The molecule has 0 radical (unpaired) electrons. The van der Waals surface area contributed by atoms with E-state index in [9.17, 15) is 0 Å². The van der Waals surface area contributed by atoms with Crippen LogP contribution in [0.4, 0.5) is 0 Å². The quantitative estimate of drug-likeness (QED) is 0.627. The van der Waals surface area contributed by atoms with Gasteiger partial charge in [0.05, 0.1) is 0 Å². The summed E-state index contributed by atoms with van der Waals surface area (Å²) in [5.74, 6) is 1.63. The Balaban J connectivity index is 3.90. The van der Waals surface area contributed by atoms with Crippen molar-refractivity contribution in [1.82, 2.24) is 0 Å². The van der Waals surface area contributed by atoms with Crippen molar-refractivity contribution in [3.63, 3.8) is 0 Å². The largest absolute Gasteiger partial charge is 0.0922 e. The molecule has 0 heterocycles. The van der Waals surface area contributed by atoms with Gasteiger partial charge in [-0.25, -0.2) is 0 Å². The van der Waals surface area contributed by atoms with Crippen LogP contribution < -0.4 is 0 Å². The fourth-order valence-corrected chi connectivity index (χ4v) is 1.71. The highest BCUT2D eigenvalue weighted by atomic mass is 79.9. The molecule has 0 rings (SSSR count). The minimum Gasteiger partial charge on any atom is -0.0922 e. The van der Waals surface area contributed by atoms with Gasteiger partial charge >= 0.3 is 0 Å². The normalized spacial score (nSPS) is 15.5. The Hall–Kier alpha value is 0.480. The molecular formula is C10H21Br. The molecular weight excluding hydrogens is 200 g/mol. The fraction of sp³-hybridized carbons (Fsp3) is 1.00. The Bertz CT molecular complexity index is 105. The van der Waals surface area contributed by atoms with Gasteiger partial charge in [-0.3, -0.25) is 0 Å². The molecule has 0 fully saturated rings. The third-order valence-electron chi connectivity index (χ3n) is 2.50. The van der Waals surface area contributed by atoms with E-state index in [1.165, 1.54) is 6.42 Å². The lowest BCUT2D eigenvalue weighted by molar-refractivity contribution is 0.232. The van der Waals surface area contributed by atoms with Crippen LogP contribution >= 0.6 is 15.9 Å². The van der Waals surface area contributed by atoms with Crippen molar-refractivity contribution < 1.29 is 0 Å². The summed E-state index contributed by atoms with van der Waals surface area (Å²) in [7, 11) is 0. The van der Waals surface area contributed by atoms with Crippen LogP contribution in [-0.2, 0) is 0 Å². The first-order valence-corrected chi connectivity index (χ1v) is 5.58. The van der Waals surface area contributed by atoms with E-state index >= 15 is 0 Å². The summed E-state index contributed by atoms with van der Waals surface area (Å²) in [6.45, 7) is 11.6. The Labute approximate surface area is 79.9 Å². The number of rotatable bonds is 4. The maximum Gasteiger partial charge on any atom is 0.00852 e. The van der Waals surface area contributed by atoms with Crippen molar-refractivity contribution in [2.75, 3.05) is 5.33 Å². The van der Waals surface area contributed by atoms with Crippen LogP contribution in [0.15, 0.2) is 0 Å². The number of hydrogen-bond acceptors (Lipinski definition) is 0. The molecule has 68 valence electrons. The van der Waals surface area contributed by atoms with Gasteiger partial charge in [0.2, 0.25) is 0 Å². The number of alkyl halides is 1. The average molecular weight is 221 g/mol. The highest BCUT2D eigenvalue weighted by Crippen LogP contribution is 2.32. The van der Waals surface area contributed by atoms with Crippen LogP contribution in [0.3, 0.4) is 0 Å². The topological polar surface area (TPSA) is 0 Å². The van der Waals surface area contributed by atoms with Crippen molar-refractivity contribution in [3.05, 3.63) is 0 Å². The second-order valence-electron chi connectivity index (χ2n) is 4.65. The molecule has 1 heteroatoms. The third-order valence-corrected chi connectivity index (χ3v) is 3.95. The lowest BCUT2D eigenvalue weighted by Gasteiger charge is -2.30. The summed E-state index contributed by atoms with van der Waals surface area (Å²) in [5, 5.41) is 1.11. The van der Waals surface area contributed by atoms with Gasteiger partial charge in [0.15, 0.2) is 0 Å². The van der Waals surface area contributed by atoms with Crippen LogP contribution in [0.25, 0.3) is 0 Å². The van der Waals surface area contributed by atoms with Gasteiger partial charge < -0.3 is 0 Å². The molecule has 0 aliphatic rings. The highest BCUT2D eigenvalue weighted by Gasteiger charge is 2.24. The SMILES string of the molecule is CC(C)CC(C)C(C)(C)CBr. The Kier molecular flexibility index (Phi) is 4.69. The van der Waals surface area contributed by atoms with Crippen molar-refractivity contribution in [2.45, 2.75) is 41.0 Å². The number of halogens is 1. The predicted molar refractivity (Wildman–Crippen MR) is 56.2 cm³/mol. The maximum atomic E-state index is 3.56. The molecule has 0 amide bonds.